The van der Waals surface area contributed by atoms with E-state index < -0.39 is 0 Å². The Labute approximate surface area is 135 Å². The molecule has 1 atom stereocenters. The van der Waals surface area contributed by atoms with Gasteiger partial charge in [-0.25, -0.2) is 9.67 Å². The maximum absolute atomic E-state index is 11.9. The van der Waals surface area contributed by atoms with Crippen molar-refractivity contribution < 1.29 is 9.59 Å². The van der Waals surface area contributed by atoms with Crippen LogP contribution in [0.3, 0.4) is 0 Å². The summed E-state index contributed by atoms with van der Waals surface area (Å²) in [5, 5.41) is 9.52. The van der Waals surface area contributed by atoms with Gasteiger partial charge in [0.25, 0.3) is 0 Å². The van der Waals surface area contributed by atoms with Crippen LogP contribution in [0.4, 0.5) is 5.95 Å². The molecule has 0 aliphatic carbocycles. The molecule has 2 N–H and O–H groups in total. The summed E-state index contributed by atoms with van der Waals surface area (Å²) < 4.78 is 1.40. The first-order valence-electron chi connectivity index (χ1n) is 7.59. The van der Waals surface area contributed by atoms with Crippen LogP contribution in [0, 0.1) is 5.92 Å². The standard InChI is InChI=1S/C16H21N5O2/c1-3-12(2)15(23)19-16-18-11-21(20-16)10-14(22)17-9-13-7-5-4-6-8-13/h4-8,11-12H,3,9-10H2,1-2H3,(H,17,22)(H,19,20,23). The van der Waals surface area contributed by atoms with Crippen molar-refractivity contribution in [3.63, 3.8) is 0 Å². The van der Waals surface area contributed by atoms with Crippen LogP contribution in [-0.2, 0) is 22.7 Å². The van der Waals surface area contributed by atoms with E-state index in [-0.39, 0.29) is 30.2 Å². The van der Waals surface area contributed by atoms with E-state index in [4.69, 9.17) is 0 Å². The number of carbonyl (C=O) groups excluding carboxylic acids is 2. The Morgan fingerprint density at radius 2 is 2.00 bits per heavy atom. The molecule has 1 aromatic heterocycles. The van der Waals surface area contributed by atoms with E-state index in [1.165, 1.54) is 11.0 Å². The summed E-state index contributed by atoms with van der Waals surface area (Å²) in [5.74, 6) is -0.181. The lowest BCUT2D eigenvalue weighted by Crippen LogP contribution is -2.27. The Kier molecular flexibility index (Phi) is 5.85. The minimum absolute atomic E-state index is 0.0546. The highest BCUT2D eigenvalue weighted by Gasteiger charge is 2.13. The Morgan fingerprint density at radius 1 is 1.26 bits per heavy atom. The van der Waals surface area contributed by atoms with Gasteiger partial charge < -0.3 is 5.32 Å². The first-order chi connectivity index (χ1) is 11.1. The third-order valence-corrected chi connectivity index (χ3v) is 3.47. The minimum Gasteiger partial charge on any atom is -0.350 e. The average Bonchev–Trinajstić information content (AvgIpc) is 3.00. The SMILES string of the molecule is CCC(C)C(=O)Nc1ncn(CC(=O)NCc2ccccc2)n1. The predicted octanol–water partition coefficient (Wildman–Crippen LogP) is 1.58. The third-order valence-electron chi connectivity index (χ3n) is 3.47. The Morgan fingerprint density at radius 3 is 2.70 bits per heavy atom. The summed E-state index contributed by atoms with van der Waals surface area (Å²) in [6.07, 6.45) is 2.17. The molecule has 0 aliphatic heterocycles. The second-order valence-electron chi connectivity index (χ2n) is 5.33. The number of nitrogens with one attached hydrogen (secondary N) is 2. The summed E-state index contributed by atoms with van der Waals surface area (Å²) in [7, 11) is 0. The fraction of sp³-hybridized carbons (Fsp3) is 0.375. The van der Waals surface area contributed by atoms with Crippen molar-refractivity contribution in [3.8, 4) is 0 Å². The molecule has 0 fully saturated rings. The van der Waals surface area contributed by atoms with Crippen LogP contribution < -0.4 is 10.6 Å². The van der Waals surface area contributed by atoms with Gasteiger partial charge in [0.2, 0.25) is 17.8 Å². The first-order valence-corrected chi connectivity index (χ1v) is 7.59. The molecule has 7 heteroatoms. The highest BCUT2D eigenvalue weighted by atomic mass is 16.2. The fourth-order valence-electron chi connectivity index (χ4n) is 1.85. The quantitative estimate of drug-likeness (QED) is 0.812. The lowest BCUT2D eigenvalue weighted by atomic mass is 10.1. The van der Waals surface area contributed by atoms with Crippen molar-refractivity contribution in [2.75, 3.05) is 5.32 Å². The zero-order chi connectivity index (χ0) is 16.7. The van der Waals surface area contributed by atoms with Gasteiger partial charge in [-0.2, -0.15) is 0 Å². The average molecular weight is 315 g/mol. The molecule has 0 aliphatic rings. The predicted molar refractivity (Wildman–Crippen MR) is 86.4 cm³/mol. The first kappa shape index (κ1) is 16.7. The van der Waals surface area contributed by atoms with Crippen LogP contribution in [0.15, 0.2) is 36.7 Å². The van der Waals surface area contributed by atoms with Crippen molar-refractivity contribution in [3.05, 3.63) is 42.2 Å². The van der Waals surface area contributed by atoms with Gasteiger partial charge >= 0.3 is 0 Å². The highest BCUT2D eigenvalue weighted by molar-refractivity contribution is 5.90. The fourth-order valence-corrected chi connectivity index (χ4v) is 1.85. The zero-order valence-corrected chi connectivity index (χ0v) is 13.3. The molecule has 0 radical (unpaired) electrons. The number of carbonyl (C=O) groups is 2. The van der Waals surface area contributed by atoms with Crippen LogP contribution in [-0.4, -0.2) is 26.6 Å². The van der Waals surface area contributed by atoms with Gasteiger partial charge in [-0.1, -0.05) is 44.2 Å². The zero-order valence-electron chi connectivity index (χ0n) is 13.3. The van der Waals surface area contributed by atoms with Crippen molar-refractivity contribution >= 4 is 17.8 Å². The molecular formula is C16H21N5O2. The molecule has 1 aromatic carbocycles. The van der Waals surface area contributed by atoms with Crippen molar-refractivity contribution in [2.45, 2.75) is 33.4 Å². The molecule has 2 amide bonds. The number of amides is 2. The Bertz CT molecular complexity index is 654. The number of nitrogens with zero attached hydrogens (tertiary/aromatic N) is 3. The molecule has 2 rings (SSSR count). The lowest BCUT2D eigenvalue weighted by molar-refractivity contribution is -0.122. The van der Waals surface area contributed by atoms with Crippen molar-refractivity contribution in [1.29, 1.82) is 0 Å². The highest BCUT2D eigenvalue weighted by Crippen LogP contribution is 2.05. The molecule has 2 aromatic rings. The van der Waals surface area contributed by atoms with E-state index in [0.717, 1.165) is 12.0 Å². The van der Waals surface area contributed by atoms with Gasteiger partial charge in [-0.3, -0.25) is 14.9 Å². The normalized spacial score (nSPS) is 11.7. The van der Waals surface area contributed by atoms with Gasteiger partial charge in [0.05, 0.1) is 0 Å². The number of hydrogen-bond donors (Lipinski definition) is 2. The van der Waals surface area contributed by atoms with Crippen LogP contribution in [0.2, 0.25) is 0 Å². The summed E-state index contributed by atoms with van der Waals surface area (Å²) in [5.41, 5.74) is 1.03. The maximum atomic E-state index is 11.9. The van der Waals surface area contributed by atoms with E-state index in [0.29, 0.717) is 6.54 Å². The van der Waals surface area contributed by atoms with Gasteiger partial charge in [-0.05, 0) is 12.0 Å². The molecule has 1 unspecified atom stereocenters. The largest absolute Gasteiger partial charge is 0.350 e. The number of benzene rings is 1. The van der Waals surface area contributed by atoms with Gasteiger partial charge in [0, 0.05) is 12.5 Å². The molecule has 23 heavy (non-hydrogen) atoms. The molecule has 0 saturated heterocycles. The number of hydrogen-bond acceptors (Lipinski definition) is 4. The lowest BCUT2D eigenvalue weighted by Gasteiger charge is -2.06. The van der Waals surface area contributed by atoms with Crippen LogP contribution in [0.25, 0.3) is 0 Å². The molecule has 0 spiro atoms. The maximum Gasteiger partial charge on any atom is 0.248 e. The Hall–Kier alpha value is -2.70. The molecule has 0 saturated carbocycles. The van der Waals surface area contributed by atoms with E-state index in [1.54, 1.807) is 0 Å². The van der Waals surface area contributed by atoms with Crippen LogP contribution in [0.5, 0.6) is 0 Å². The summed E-state index contributed by atoms with van der Waals surface area (Å²) >= 11 is 0. The number of rotatable bonds is 7. The summed E-state index contributed by atoms with van der Waals surface area (Å²) in [6, 6.07) is 9.66. The topological polar surface area (TPSA) is 88.9 Å². The number of aromatic nitrogens is 3. The second kappa shape index (κ2) is 8.07. The van der Waals surface area contributed by atoms with E-state index in [1.807, 2.05) is 44.2 Å². The molecule has 0 bridgehead atoms. The van der Waals surface area contributed by atoms with Crippen LogP contribution in [0.1, 0.15) is 25.8 Å². The molecular weight excluding hydrogens is 294 g/mol. The minimum atomic E-state index is -0.168. The molecule has 122 valence electrons. The van der Waals surface area contributed by atoms with Crippen molar-refractivity contribution in [1.82, 2.24) is 20.1 Å². The third kappa shape index (κ3) is 5.21. The summed E-state index contributed by atoms with van der Waals surface area (Å²) in [6.45, 7) is 4.29. The Balaban J connectivity index is 1.81. The molecule has 1 heterocycles. The van der Waals surface area contributed by atoms with E-state index in [2.05, 4.69) is 20.7 Å². The van der Waals surface area contributed by atoms with Gasteiger partial charge in [0.15, 0.2) is 0 Å². The van der Waals surface area contributed by atoms with E-state index >= 15 is 0 Å². The molecule has 7 nitrogen and oxygen atoms in total. The van der Waals surface area contributed by atoms with Crippen LogP contribution >= 0.6 is 0 Å². The summed E-state index contributed by atoms with van der Waals surface area (Å²) in [4.78, 5) is 27.6. The number of anilines is 1. The second-order valence-corrected chi connectivity index (χ2v) is 5.33. The smallest absolute Gasteiger partial charge is 0.248 e. The van der Waals surface area contributed by atoms with Gasteiger partial charge in [-0.15, -0.1) is 5.10 Å². The van der Waals surface area contributed by atoms with Crippen molar-refractivity contribution in [2.24, 2.45) is 5.92 Å². The monoisotopic (exact) mass is 315 g/mol. The van der Waals surface area contributed by atoms with E-state index in [9.17, 15) is 9.59 Å². The van der Waals surface area contributed by atoms with Gasteiger partial charge in [0.1, 0.15) is 12.9 Å².